The molecule has 2 rings (SSSR count). The first kappa shape index (κ1) is 13.6. The van der Waals surface area contributed by atoms with Gasteiger partial charge in [0, 0.05) is 18.7 Å². The van der Waals surface area contributed by atoms with Gasteiger partial charge in [0.1, 0.15) is 16.8 Å². The third kappa shape index (κ3) is 2.94. The molecule has 1 aliphatic rings. The van der Waals surface area contributed by atoms with Crippen molar-refractivity contribution < 1.29 is 0 Å². The minimum Gasteiger partial charge on any atom is -0.356 e. The van der Waals surface area contributed by atoms with E-state index in [4.69, 9.17) is 11.6 Å². The van der Waals surface area contributed by atoms with Gasteiger partial charge in [0.15, 0.2) is 0 Å². The van der Waals surface area contributed by atoms with Crippen molar-refractivity contribution in [2.75, 3.05) is 11.9 Å². The molecule has 0 atom stereocenters. The quantitative estimate of drug-likeness (QED) is 0.601. The van der Waals surface area contributed by atoms with Crippen LogP contribution in [0.2, 0.25) is 5.15 Å². The zero-order valence-corrected chi connectivity index (χ0v) is 12.3. The monoisotopic (exact) mass is 267 g/mol. The Kier molecular flexibility index (Phi) is 4.44. The second-order valence-corrected chi connectivity index (χ2v) is 5.62. The van der Waals surface area contributed by atoms with E-state index in [1.807, 2.05) is 13.8 Å². The first-order valence-electron chi connectivity index (χ1n) is 6.83. The summed E-state index contributed by atoms with van der Waals surface area (Å²) in [6, 6.07) is 0.594. The lowest BCUT2D eigenvalue weighted by molar-refractivity contribution is 0.547. The molecule has 18 heavy (non-hydrogen) atoms. The maximum atomic E-state index is 6.16. The summed E-state index contributed by atoms with van der Waals surface area (Å²) < 4.78 is 0. The van der Waals surface area contributed by atoms with Gasteiger partial charge in [0.05, 0.1) is 0 Å². The summed E-state index contributed by atoms with van der Waals surface area (Å²) in [5.74, 6) is 1.75. The van der Waals surface area contributed by atoms with E-state index in [-0.39, 0.29) is 0 Å². The van der Waals surface area contributed by atoms with Crippen LogP contribution in [0.3, 0.4) is 0 Å². The number of aromatic nitrogens is 2. The van der Waals surface area contributed by atoms with Gasteiger partial charge < -0.3 is 4.90 Å². The molecule has 0 aliphatic heterocycles. The van der Waals surface area contributed by atoms with Crippen LogP contribution in [0, 0.1) is 13.8 Å². The zero-order chi connectivity index (χ0) is 13.1. The van der Waals surface area contributed by atoms with Crippen LogP contribution in [-0.4, -0.2) is 23.1 Å². The van der Waals surface area contributed by atoms with Crippen LogP contribution in [0.5, 0.6) is 0 Å². The molecule has 1 heterocycles. The van der Waals surface area contributed by atoms with Gasteiger partial charge in [-0.25, -0.2) is 9.97 Å². The standard InChI is InChI=1S/C14H22ClN3/c1-10-13(15)16-11(2)17-14(10)18(3)12-8-6-4-5-7-9-12/h12H,4-9H2,1-3H3. The van der Waals surface area contributed by atoms with E-state index in [0.717, 1.165) is 17.2 Å². The number of halogens is 1. The largest absolute Gasteiger partial charge is 0.356 e. The maximum absolute atomic E-state index is 6.16. The third-order valence-electron chi connectivity index (χ3n) is 3.88. The minimum absolute atomic E-state index is 0.581. The lowest BCUT2D eigenvalue weighted by Crippen LogP contribution is -2.32. The summed E-state index contributed by atoms with van der Waals surface area (Å²) in [5, 5.41) is 0.581. The average Bonchev–Trinajstić information content (AvgIpc) is 2.61. The Balaban J connectivity index is 2.24. The fourth-order valence-corrected chi connectivity index (χ4v) is 2.95. The lowest BCUT2D eigenvalue weighted by atomic mass is 10.1. The van der Waals surface area contributed by atoms with Crippen molar-refractivity contribution in [1.29, 1.82) is 0 Å². The third-order valence-corrected chi connectivity index (χ3v) is 4.25. The number of nitrogens with zero attached hydrogens (tertiary/aromatic N) is 3. The van der Waals surface area contributed by atoms with E-state index in [0.29, 0.717) is 11.2 Å². The van der Waals surface area contributed by atoms with E-state index < -0.39 is 0 Å². The van der Waals surface area contributed by atoms with Gasteiger partial charge in [-0.05, 0) is 26.7 Å². The molecule has 1 aromatic heterocycles. The molecule has 0 saturated heterocycles. The Hall–Kier alpha value is -0.830. The van der Waals surface area contributed by atoms with E-state index in [2.05, 4.69) is 21.9 Å². The highest BCUT2D eigenvalue weighted by Gasteiger charge is 2.20. The van der Waals surface area contributed by atoms with Crippen LogP contribution in [0.1, 0.15) is 49.9 Å². The molecule has 100 valence electrons. The van der Waals surface area contributed by atoms with Crippen LogP contribution < -0.4 is 4.90 Å². The number of aryl methyl sites for hydroxylation is 1. The highest BCUT2D eigenvalue weighted by Crippen LogP contribution is 2.28. The van der Waals surface area contributed by atoms with E-state index in [9.17, 15) is 0 Å². The summed E-state index contributed by atoms with van der Waals surface area (Å²) in [4.78, 5) is 11.1. The van der Waals surface area contributed by atoms with Gasteiger partial charge >= 0.3 is 0 Å². The van der Waals surface area contributed by atoms with Gasteiger partial charge in [0.2, 0.25) is 0 Å². The second kappa shape index (κ2) is 5.87. The Labute approximate surface area is 115 Å². The van der Waals surface area contributed by atoms with Gasteiger partial charge in [-0.2, -0.15) is 0 Å². The molecule has 0 radical (unpaired) electrons. The van der Waals surface area contributed by atoms with Crippen LogP contribution in [0.4, 0.5) is 5.82 Å². The topological polar surface area (TPSA) is 29.0 Å². The molecule has 1 aliphatic carbocycles. The molecular formula is C14H22ClN3. The highest BCUT2D eigenvalue weighted by atomic mass is 35.5. The number of rotatable bonds is 2. The fraction of sp³-hybridized carbons (Fsp3) is 0.714. The summed E-state index contributed by atoms with van der Waals surface area (Å²) in [6.07, 6.45) is 7.91. The lowest BCUT2D eigenvalue weighted by Gasteiger charge is -2.29. The summed E-state index contributed by atoms with van der Waals surface area (Å²) in [6.45, 7) is 3.90. The Morgan fingerprint density at radius 3 is 2.28 bits per heavy atom. The van der Waals surface area contributed by atoms with Crippen molar-refractivity contribution >= 4 is 17.4 Å². The van der Waals surface area contributed by atoms with Crippen LogP contribution in [0.25, 0.3) is 0 Å². The second-order valence-electron chi connectivity index (χ2n) is 5.27. The molecule has 0 amide bonds. The van der Waals surface area contributed by atoms with Crippen LogP contribution in [-0.2, 0) is 0 Å². The number of anilines is 1. The maximum Gasteiger partial charge on any atom is 0.137 e. The Morgan fingerprint density at radius 1 is 1.06 bits per heavy atom. The predicted octanol–water partition coefficient (Wildman–Crippen LogP) is 3.91. The van der Waals surface area contributed by atoms with Crippen molar-refractivity contribution in [2.45, 2.75) is 58.4 Å². The number of hydrogen-bond acceptors (Lipinski definition) is 3. The molecule has 1 fully saturated rings. The molecule has 0 spiro atoms. The van der Waals surface area contributed by atoms with Crippen molar-refractivity contribution in [1.82, 2.24) is 9.97 Å². The molecule has 0 bridgehead atoms. The molecule has 1 saturated carbocycles. The Bertz CT molecular complexity index is 412. The predicted molar refractivity (Wildman–Crippen MR) is 76.4 cm³/mol. The molecule has 0 aromatic carbocycles. The first-order valence-corrected chi connectivity index (χ1v) is 7.21. The Morgan fingerprint density at radius 2 is 1.67 bits per heavy atom. The van der Waals surface area contributed by atoms with Crippen molar-refractivity contribution in [2.24, 2.45) is 0 Å². The van der Waals surface area contributed by atoms with Gasteiger partial charge in [-0.1, -0.05) is 37.3 Å². The summed E-state index contributed by atoms with van der Waals surface area (Å²) in [5.41, 5.74) is 0.994. The van der Waals surface area contributed by atoms with E-state index >= 15 is 0 Å². The average molecular weight is 268 g/mol. The smallest absolute Gasteiger partial charge is 0.137 e. The van der Waals surface area contributed by atoms with E-state index in [1.54, 1.807) is 0 Å². The van der Waals surface area contributed by atoms with Gasteiger partial charge in [0.25, 0.3) is 0 Å². The van der Waals surface area contributed by atoms with Gasteiger partial charge in [-0.15, -0.1) is 0 Å². The van der Waals surface area contributed by atoms with Crippen LogP contribution >= 0.6 is 11.6 Å². The normalized spacial score (nSPS) is 17.6. The fourth-order valence-electron chi connectivity index (χ4n) is 2.74. The van der Waals surface area contributed by atoms with Crippen LogP contribution in [0.15, 0.2) is 0 Å². The number of hydrogen-bond donors (Lipinski definition) is 0. The minimum atomic E-state index is 0.581. The molecular weight excluding hydrogens is 246 g/mol. The van der Waals surface area contributed by atoms with E-state index in [1.165, 1.54) is 38.5 Å². The van der Waals surface area contributed by atoms with Gasteiger partial charge in [-0.3, -0.25) is 0 Å². The molecule has 4 heteroatoms. The van der Waals surface area contributed by atoms with Crippen molar-refractivity contribution in [3.8, 4) is 0 Å². The summed E-state index contributed by atoms with van der Waals surface area (Å²) >= 11 is 6.16. The summed E-state index contributed by atoms with van der Waals surface area (Å²) in [7, 11) is 2.14. The van der Waals surface area contributed by atoms with Crippen molar-refractivity contribution in [3.05, 3.63) is 16.5 Å². The molecule has 1 aromatic rings. The SMILES string of the molecule is Cc1nc(Cl)c(C)c(N(C)C2CCCCCC2)n1. The molecule has 0 unspecified atom stereocenters. The first-order chi connectivity index (χ1) is 8.59. The highest BCUT2D eigenvalue weighted by molar-refractivity contribution is 6.30. The van der Waals surface area contributed by atoms with Crippen molar-refractivity contribution in [3.63, 3.8) is 0 Å². The molecule has 3 nitrogen and oxygen atoms in total. The zero-order valence-electron chi connectivity index (χ0n) is 11.5. The molecule has 0 N–H and O–H groups in total.